The summed E-state index contributed by atoms with van der Waals surface area (Å²) in [7, 11) is 0. The van der Waals surface area contributed by atoms with Crippen molar-refractivity contribution in [1.29, 1.82) is 0 Å². The number of carbonyl (C=O) groups is 1. The molecule has 0 aromatic rings. The molecule has 10 heteroatoms. The van der Waals surface area contributed by atoms with Gasteiger partial charge in [0, 0.05) is 0 Å². The van der Waals surface area contributed by atoms with Gasteiger partial charge in [0.15, 0.2) is 12.4 Å². The molecule has 0 aromatic carbocycles. The second-order valence-electron chi connectivity index (χ2n) is 15.1. The molecule has 0 bridgehead atoms. The lowest BCUT2D eigenvalue weighted by Crippen LogP contribution is -2.60. The van der Waals surface area contributed by atoms with Gasteiger partial charge in [0.1, 0.15) is 24.4 Å². The number of hydrogen-bond acceptors (Lipinski definition) is 9. The number of amides is 1. The molecule has 53 heavy (non-hydrogen) atoms. The van der Waals surface area contributed by atoms with Gasteiger partial charge in [-0.25, -0.2) is 0 Å². The predicted molar refractivity (Wildman–Crippen MR) is 213 cm³/mol. The molecule has 0 aliphatic carbocycles. The van der Waals surface area contributed by atoms with Crippen molar-refractivity contribution in [1.82, 2.24) is 5.32 Å². The summed E-state index contributed by atoms with van der Waals surface area (Å²) >= 11 is 0. The van der Waals surface area contributed by atoms with E-state index < -0.39 is 61.5 Å². The van der Waals surface area contributed by atoms with E-state index in [4.69, 9.17) is 9.47 Å². The van der Waals surface area contributed by atoms with E-state index in [1.807, 2.05) is 6.08 Å². The van der Waals surface area contributed by atoms with Crippen molar-refractivity contribution in [3.63, 3.8) is 0 Å². The molecule has 0 saturated carbocycles. The average Bonchev–Trinajstić information content (AvgIpc) is 3.15. The Hall–Kier alpha value is -1.63. The summed E-state index contributed by atoms with van der Waals surface area (Å²) in [6.07, 6.45) is 26.3. The van der Waals surface area contributed by atoms with Crippen LogP contribution in [0, 0.1) is 0 Å². The monoisotopic (exact) mass is 754 g/mol. The van der Waals surface area contributed by atoms with Gasteiger partial charge in [0.2, 0.25) is 0 Å². The van der Waals surface area contributed by atoms with Crippen molar-refractivity contribution in [3.8, 4) is 0 Å². The van der Waals surface area contributed by atoms with Gasteiger partial charge >= 0.3 is 0 Å². The lowest BCUT2D eigenvalue weighted by Gasteiger charge is -2.40. The molecule has 1 aliphatic rings. The number of rotatable bonds is 33. The van der Waals surface area contributed by atoms with Gasteiger partial charge in [0.05, 0.1) is 25.4 Å². The molecule has 7 N–H and O–H groups in total. The van der Waals surface area contributed by atoms with Crippen LogP contribution in [0.3, 0.4) is 0 Å². The Balaban J connectivity index is 2.59. The van der Waals surface area contributed by atoms with E-state index in [9.17, 15) is 35.4 Å². The lowest BCUT2D eigenvalue weighted by molar-refractivity contribution is -0.302. The minimum Gasteiger partial charge on any atom is -0.394 e. The molecule has 10 nitrogen and oxygen atoms in total. The van der Waals surface area contributed by atoms with Crippen LogP contribution in [0.15, 0.2) is 36.0 Å². The summed E-state index contributed by atoms with van der Waals surface area (Å²) in [6, 6.07) is -1.03. The molecule has 310 valence electrons. The molecule has 1 saturated heterocycles. The Labute approximate surface area is 322 Å². The van der Waals surface area contributed by atoms with E-state index in [0.717, 1.165) is 32.1 Å². The summed E-state index contributed by atoms with van der Waals surface area (Å²) < 4.78 is 11.1. The number of aliphatic hydroxyl groups is 6. The Kier molecular flexibility index (Phi) is 30.4. The fourth-order valence-corrected chi connectivity index (χ4v) is 6.57. The molecule has 2 unspecified atom stereocenters. The van der Waals surface area contributed by atoms with Gasteiger partial charge in [-0.1, -0.05) is 159 Å². The molecule has 1 heterocycles. The van der Waals surface area contributed by atoms with Gasteiger partial charge in [-0.05, 0) is 45.4 Å². The van der Waals surface area contributed by atoms with Gasteiger partial charge in [-0.3, -0.25) is 4.79 Å². The standard InChI is InChI=1S/C43H79NO9/c1-4-6-8-10-12-13-14-15-16-17-18-20-22-26-31-37(47)42(51)44-35(33-52-43-41(50)40(49)39(48)38(32-45)53-43)36(46)30-27-23-25-29-34(3)28-24-21-19-11-9-7-5-2/h26-27,29-31,35-41,43,45-50H,4-25,28,32-33H2,1-3H3,(H,44,51)/b30-27+,31-26+,34-29+/t35-,36+,37-,38+,39+,40?,41?,43+/m0/s1. The zero-order valence-corrected chi connectivity index (χ0v) is 33.6. The van der Waals surface area contributed by atoms with Gasteiger partial charge in [-0.2, -0.15) is 0 Å². The third kappa shape index (κ3) is 23.8. The summed E-state index contributed by atoms with van der Waals surface area (Å²) in [5.41, 5.74) is 1.35. The van der Waals surface area contributed by atoms with E-state index in [1.165, 1.54) is 121 Å². The Morgan fingerprint density at radius 2 is 1.23 bits per heavy atom. The summed E-state index contributed by atoms with van der Waals surface area (Å²) in [6.45, 7) is 5.67. The molecule has 0 aromatic heterocycles. The van der Waals surface area contributed by atoms with Crippen molar-refractivity contribution in [2.45, 2.75) is 217 Å². The quantitative estimate of drug-likeness (QED) is 0.0274. The maximum atomic E-state index is 13.0. The highest BCUT2D eigenvalue weighted by Crippen LogP contribution is 2.22. The minimum absolute atomic E-state index is 0.341. The van der Waals surface area contributed by atoms with Crippen LogP contribution in [-0.4, -0.2) is 98.7 Å². The highest BCUT2D eigenvalue weighted by atomic mass is 16.7. The van der Waals surface area contributed by atoms with E-state index in [0.29, 0.717) is 6.42 Å². The van der Waals surface area contributed by atoms with Crippen LogP contribution in [0.1, 0.15) is 168 Å². The first kappa shape index (κ1) is 49.4. The number of unbranched alkanes of at least 4 members (excludes halogenated alkanes) is 19. The third-order valence-electron chi connectivity index (χ3n) is 10.2. The van der Waals surface area contributed by atoms with Crippen molar-refractivity contribution in [2.24, 2.45) is 0 Å². The van der Waals surface area contributed by atoms with Crippen molar-refractivity contribution >= 4 is 5.91 Å². The number of carbonyl (C=O) groups excluding carboxylic acids is 1. The second-order valence-corrected chi connectivity index (χ2v) is 15.1. The molecule has 1 aliphatic heterocycles. The van der Waals surface area contributed by atoms with Crippen LogP contribution < -0.4 is 5.32 Å². The first-order chi connectivity index (χ1) is 25.7. The van der Waals surface area contributed by atoms with Crippen molar-refractivity contribution < 1.29 is 44.9 Å². The number of ether oxygens (including phenoxy) is 2. The fraction of sp³-hybridized carbons (Fsp3) is 0.837. The minimum atomic E-state index is -1.62. The summed E-state index contributed by atoms with van der Waals surface area (Å²) in [5.74, 6) is -0.713. The highest BCUT2D eigenvalue weighted by Gasteiger charge is 2.44. The largest absolute Gasteiger partial charge is 0.394 e. The number of aliphatic hydroxyl groups excluding tert-OH is 6. The highest BCUT2D eigenvalue weighted by molar-refractivity contribution is 5.82. The van der Waals surface area contributed by atoms with Crippen molar-refractivity contribution in [3.05, 3.63) is 36.0 Å². The predicted octanol–water partition coefficient (Wildman–Crippen LogP) is 7.08. The van der Waals surface area contributed by atoms with Crippen molar-refractivity contribution in [2.75, 3.05) is 13.2 Å². The first-order valence-corrected chi connectivity index (χ1v) is 21.2. The maximum absolute atomic E-state index is 13.0. The number of nitrogens with one attached hydrogen (secondary N) is 1. The molecular formula is C43H79NO9. The average molecular weight is 754 g/mol. The van der Waals surface area contributed by atoms with Gasteiger partial charge < -0.3 is 45.4 Å². The third-order valence-corrected chi connectivity index (χ3v) is 10.2. The van der Waals surface area contributed by atoms with E-state index >= 15 is 0 Å². The van der Waals surface area contributed by atoms with Gasteiger partial charge in [-0.15, -0.1) is 0 Å². The topological polar surface area (TPSA) is 169 Å². The van der Waals surface area contributed by atoms with E-state index in [-0.39, 0.29) is 6.61 Å². The molecule has 8 atom stereocenters. The molecule has 1 rings (SSSR count). The zero-order chi connectivity index (χ0) is 39.1. The zero-order valence-electron chi connectivity index (χ0n) is 33.6. The number of allylic oxidation sites excluding steroid dienone is 4. The SMILES string of the molecule is CCCCCCCCCCCCCC/C=C/[C@H](O)C(=O)N[C@@H](CO[C@@H]1O[C@H](CO)[C@@H](O)C(O)C1O)[C@H](O)/C=C/CC/C=C(\C)CCCCCCCCC. The number of hydrogen-bond donors (Lipinski definition) is 7. The maximum Gasteiger partial charge on any atom is 0.253 e. The van der Waals surface area contributed by atoms with Crippen LogP contribution in [0.4, 0.5) is 0 Å². The molecular weight excluding hydrogens is 674 g/mol. The first-order valence-electron chi connectivity index (χ1n) is 21.2. The van der Waals surface area contributed by atoms with E-state index in [1.54, 1.807) is 12.2 Å². The van der Waals surface area contributed by atoms with E-state index in [2.05, 4.69) is 32.2 Å². The van der Waals surface area contributed by atoms with Crippen LogP contribution in [0.2, 0.25) is 0 Å². The Bertz CT molecular complexity index is 971. The van der Waals surface area contributed by atoms with Gasteiger partial charge in [0.25, 0.3) is 5.91 Å². The second kappa shape index (κ2) is 32.6. The molecule has 0 radical (unpaired) electrons. The molecule has 1 amide bonds. The molecule has 1 fully saturated rings. The summed E-state index contributed by atoms with van der Waals surface area (Å²) in [5, 5.41) is 64.4. The normalized spacial score (nSPS) is 22.8. The van der Waals surface area contributed by atoms with Crippen LogP contribution in [0.25, 0.3) is 0 Å². The fourth-order valence-electron chi connectivity index (χ4n) is 6.57. The van der Waals surface area contributed by atoms with Crippen LogP contribution >= 0.6 is 0 Å². The summed E-state index contributed by atoms with van der Waals surface area (Å²) in [4.78, 5) is 13.0. The Morgan fingerprint density at radius 1 is 0.698 bits per heavy atom. The van der Waals surface area contributed by atoms with Crippen LogP contribution in [0.5, 0.6) is 0 Å². The molecule has 0 spiro atoms. The van der Waals surface area contributed by atoms with Crippen LogP contribution in [-0.2, 0) is 14.3 Å². The Morgan fingerprint density at radius 3 is 1.79 bits per heavy atom. The smallest absolute Gasteiger partial charge is 0.253 e. The lowest BCUT2D eigenvalue weighted by atomic mass is 9.99.